The zero-order valence-corrected chi connectivity index (χ0v) is 17.1. The van der Waals surface area contributed by atoms with Gasteiger partial charge < -0.3 is 4.74 Å². The molecule has 147 valence electrons. The SMILES string of the molecule is CC(C)(C)OC([O])=CCc1ccccc1N=C(c1ccccc1)c1ccccc1. The third-order valence-corrected chi connectivity index (χ3v) is 4.21. The summed E-state index contributed by atoms with van der Waals surface area (Å²) in [4.78, 5) is 5.00. The average molecular weight is 384 g/mol. The lowest BCUT2D eigenvalue weighted by atomic mass is 10.0. The molecule has 29 heavy (non-hydrogen) atoms. The highest BCUT2D eigenvalue weighted by molar-refractivity contribution is 6.14. The standard InChI is InChI=1S/C26H26NO2/c1-26(2,3)29-24(28)19-18-20-12-10-11-17-23(20)27-25(21-13-6-4-7-14-21)22-15-8-5-9-16-22/h4-17,19H,18H2,1-3H3. The zero-order chi connectivity index (χ0) is 20.7. The van der Waals surface area contributed by atoms with E-state index in [4.69, 9.17) is 9.73 Å². The summed E-state index contributed by atoms with van der Waals surface area (Å²) in [5.41, 5.74) is 4.31. The van der Waals surface area contributed by atoms with E-state index in [1.165, 1.54) is 0 Å². The van der Waals surface area contributed by atoms with Gasteiger partial charge in [-0.1, -0.05) is 78.9 Å². The van der Waals surface area contributed by atoms with E-state index in [0.29, 0.717) is 6.42 Å². The number of para-hydroxylation sites is 1. The lowest BCUT2D eigenvalue weighted by Crippen LogP contribution is -2.18. The van der Waals surface area contributed by atoms with E-state index < -0.39 is 5.60 Å². The van der Waals surface area contributed by atoms with Crippen molar-refractivity contribution in [1.29, 1.82) is 0 Å². The van der Waals surface area contributed by atoms with Crippen molar-refractivity contribution in [3.05, 3.63) is 114 Å². The van der Waals surface area contributed by atoms with Gasteiger partial charge in [-0.3, -0.25) is 0 Å². The molecule has 3 heteroatoms. The van der Waals surface area contributed by atoms with Crippen LogP contribution in [-0.4, -0.2) is 11.3 Å². The van der Waals surface area contributed by atoms with Gasteiger partial charge >= 0.3 is 5.95 Å². The van der Waals surface area contributed by atoms with Gasteiger partial charge in [-0.05, 0) is 38.8 Å². The molecule has 1 radical (unpaired) electrons. The second kappa shape index (κ2) is 9.24. The first-order valence-electron chi connectivity index (χ1n) is 9.76. The minimum absolute atomic E-state index is 0.317. The molecular weight excluding hydrogens is 358 g/mol. The Morgan fingerprint density at radius 2 is 1.34 bits per heavy atom. The fraction of sp³-hybridized carbons (Fsp3) is 0.192. The molecule has 0 aliphatic carbocycles. The Morgan fingerprint density at radius 1 is 0.828 bits per heavy atom. The van der Waals surface area contributed by atoms with Crippen molar-refractivity contribution >= 4 is 11.4 Å². The molecule has 0 unspecified atom stereocenters. The predicted octanol–water partition coefficient (Wildman–Crippen LogP) is 6.49. The predicted molar refractivity (Wildman–Crippen MR) is 118 cm³/mol. The number of aliphatic imine (C=N–C) groups is 1. The van der Waals surface area contributed by atoms with Crippen LogP contribution in [0.3, 0.4) is 0 Å². The minimum Gasteiger partial charge on any atom is -0.457 e. The molecule has 3 aromatic carbocycles. The summed E-state index contributed by atoms with van der Waals surface area (Å²) in [5.74, 6) is -0.317. The maximum Gasteiger partial charge on any atom is 0.327 e. The van der Waals surface area contributed by atoms with Crippen LogP contribution in [0.4, 0.5) is 5.69 Å². The molecule has 0 N–H and O–H groups in total. The van der Waals surface area contributed by atoms with E-state index in [1.54, 1.807) is 6.08 Å². The van der Waals surface area contributed by atoms with Crippen LogP contribution in [0.25, 0.3) is 0 Å². The van der Waals surface area contributed by atoms with Gasteiger partial charge in [0.2, 0.25) is 0 Å². The van der Waals surface area contributed by atoms with Crippen molar-refractivity contribution in [2.75, 3.05) is 0 Å². The molecule has 3 nitrogen and oxygen atoms in total. The van der Waals surface area contributed by atoms with Gasteiger partial charge in [0, 0.05) is 17.2 Å². The second-order valence-electron chi connectivity index (χ2n) is 7.76. The minimum atomic E-state index is -0.501. The molecule has 0 heterocycles. The van der Waals surface area contributed by atoms with Crippen molar-refractivity contribution in [1.82, 2.24) is 0 Å². The second-order valence-corrected chi connectivity index (χ2v) is 7.76. The zero-order valence-electron chi connectivity index (χ0n) is 17.1. The van der Waals surface area contributed by atoms with Crippen molar-refractivity contribution in [3.63, 3.8) is 0 Å². The average Bonchev–Trinajstić information content (AvgIpc) is 2.71. The van der Waals surface area contributed by atoms with Crippen LogP contribution >= 0.6 is 0 Å². The molecule has 3 aromatic rings. The van der Waals surface area contributed by atoms with Crippen molar-refractivity contribution in [2.45, 2.75) is 32.8 Å². The summed E-state index contributed by atoms with van der Waals surface area (Å²) >= 11 is 0. The van der Waals surface area contributed by atoms with E-state index in [9.17, 15) is 5.11 Å². The Labute approximate surface area is 173 Å². The van der Waals surface area contributed by atoms with Crippen molar-refractivity contribution < 1.29 is 9.84 Å². The number of ether oxygens (including phenoxy) is 1. The highest BCUT2D eigenvalue weighted by atomic mass is 16.6. The van der Waals surface area contributed by atoms with E-state index in [0.717, 1.165) is 28.1 Å². The van der Waals surface area contributed by atoms with Crippen molar-refractivity contribution in [2.24, 2.45) is 4.99 Å². The van der Waals surface area contributed by atoms with Crippen LogP contribution in [-0.2, 0) is 16.3 Å². The molecule has 0 saturated carbocycles. The number of nitrogens with zero attached hydrogens (tertiary/aromatic N) is 1. The quantitative estimate of drug-likeness (QED) is 0.354. The summed E-state index contributed by atoms with van der Waals surface area (Å²) < 4.78 is 5.39. The van der Waals surface area contributed by atoms with Gasteiger partial charge in [0.25, 0.3) is 0 Å². The molecule has 3 rings (SSSR count). The number of allylic oxidation sites excluding steroid dienone is 1. The molecule has 0 atom stereocenters. The summed E-state index contributed by atoms with van der Waals surface area (Å²) in [7, 11) is 0. The monoisotopic (exact) mass is 384 g/mol. The van der Waals surface area contributed by atoms with Crippen LogP contribution < -0.4 is 0 Å². The Kier molecular flexibility index (Phi) is 6.50. The van der Waals surface area contributed by atoms with E-state index in [2.05, 4.69) is 24.3 Å². The van der Waals surface area contributed by atoms with Gasteiger partial charge in [0.05, 0.1) is 11.4 Å². The summed E-state index contributed by atoms with van der Waals surface area (Å²) in [5, 5.41) is 12.1. The van der Waals surface area contributed by atoms with Gasteiger partial charge in [0.15, 0.2) is 0 Å². The molecule has 0 aliphatic heterocycles. The molecule has 0 aliphatic rings. The van der Waals surface area contributed by atoms with Gasteiger partial charge in [-0.15, -0.1) is 0 Å². The van der Waals surface area contributed by atoms with Gasteiger partial charge in [-0.2, -0.15) is 0 Å². The fourth-order valence-electron chi connectivity index (χ4n) is 2.94. The largest absolute Gasteiger partial charge is 0.457 e. The van der Waals surface area contributed by atoms with E-state index >= 15 is 0 Å². The number of rotatable bonds is 6. The van der Waals surface area contributed by atoms with E-state index in [-0.39, 0.29) is 5.95 Å². The summed E-state index contributed by atoms with van der Waals surface area (Å²) in [6, 6.07) is 28.2. The first kappa shape index (κ1) is 20.4. The van der Waals surface area contributed by atoms with Crippen LogP contribution in [0, 0.1) is 0 Å². The molecule has 0 bridgehead atoms. The highest BCUT2D eigenvalue weighted by Gasteiger charge is 2.14. The maximum absolute atomic E-state index is 12.1. The van der Waals surface area contributed by atoms with E-state index in [1.807, 2.05) is 81.4 Å². The maximum atomic E-state index is 12.1. The van der Waals surface area contributed by atoms with Gasteiger partial charge in [0.1, 0.15) is 5.60 Å². The Balaban J connectivity index is 1.98. The van der Waals surface area contributed by atoms with Crippen molar-refractivity contribution in [3.8, 4) is 0 Å². The topological polar surface area (TPSA) is 41.5 Å². The molecule has 0 aromatic heterocycles. The number of hydrogen-bond acceptors (Lipinski definition) is 2. The van der Waals surface area contributed by atoms with Gasteiger partial charge in [-0.25, -0.2) is 10.1 Å². The Hall–Kier alpha value is -3.33. The first-order chi connectivity index (χ1) is 13.9. The van der Waals surface area contributed by atoms with Crippen LogP contribution in [0.1, 0.15) is 37.5 Å². The molecule has 0 amide bonds. The smallest absolute Gasteiger partial charge is 0.327 e. The molecule has 0 fully saturated rings. The van der Waals surface area contributed by atoms with Crippen LogP contribution in [0.5, 0.6) is 0 Å². The Morgan fingerprint density at radius 3 is 1.90 bits per heavy atom. The number of benzene rings is 3. The lowest BCUT2D eigenvalue weighted by Gasteiger charge is -2.18. The third-order valence-electron chi connectivity index (χ3n) is 4.21. The third kappa shape index (κ3) is 6.08. The van der Waals surface area contributed by atoms with Crippen LogP contribution in [0.15, 0.2) is 102 Å². The van der Waals surface area contributed by atoms with Crippen LogP contribution in [0.2, 0.25) is 0 Å². The first-order valence-corrected chi connectivity index (χ1v) is 9.76. The molecule has 0 saturated heterocycles. The summed E-state index contributed by atoms with van der Waals surface area (Å²) in [6.45, 7) is 5.59. The number of hydrogen-bond donors (Lipinski definition) is 0. The normalized spacial score (nSPS) is 11.8. The summed E-state index contributed by atoms with van der Waals surface area (Å²) in [6.07, 6.45) is 2.04. The Bertz CT molecular complexity index is 942. The molecular formula is C26H26NO2. The molecule has 0 spiro atoms. The fourth-order valence-corrected chi connectivity index (χ4v) is 2.94. The lowest BCUT2D eigenvalue weighted by molar-refractivity contribution is -0.0383. The highest BCUT2D eigenvalue weighted by Crippen LogP contribution is 2.24.